The van der Waals surface area contributed by atoms with E-state index in [1.165, 1.54) is 5.56 Å². The molecule has 19 heavy (non-hydrogen) atoms. The monoisotopic (exact) mass is 263 g/mol. The van der Waals surface area contributed by atoms with Crippen molar-refractivity contribution in [3.63, 3.8) is 0 Å². The summed E-state index contributed by atoms with van der Waals surface area (Å²) in [5.41, 5.74) is 2.05. The van der Waals surface area contributed by atoms with Crippen LogP contribution in [-0.2, 0) is 15.1 Å². The van der Waals surface area contributed by atoms with Gasteiger partial charge in [-0.1, -0.05) is 43.7 Å². The molecule has 106 valence electrons. The smallest absolute Gasteiger partial charge is 0.308 e. The van der Waals surface area contributed by atoms with E-state index in [0.29, 0.717) is 13.0 Å². The van der Waals surface area contributed by atoms with E-state index in [0.717, 1.165) is 18.5 Å². The van der Waals surface area contributed by atoms with Crippen molar-refractivity contribution < 1.29 is 9.53 Å². The molecule has 1 N–H and O–H groups in total. The maximum Gasteiger partial charge on any atom is 0.308 e. The lowest BCUT2D eigenvalue weighted by atomic mass is 9.83. The van der Waals surface area contributed by atoms with Gasteiger partial charge in [0.05, 0.1) is 18.6 Å². The first-order valence-electron chi connectivity index (χ1n) is 7.05. The molecule has 0 fully saturated rings. The van der Waals surface area contributed by atoms with Crippen LogP contribution in [0.3, 0.4) is 0 Å². The van der Waals surface area contributed by atoms with Crippen molar-refractivity contribution in [3.8, 4) is 0 Å². The summed E-state index contributed by atoms with van der Waals surface area (Å²) in [6.45, 7) is 9.31. The second-order valence-corrected chi connectivity index (χ2v) is 4.81. The van der Waals surface area contributed by atoms with Gasteiger partial charge in [-0.05, 0) is 32.4 Å². The molecule has 0 aliphatic carbocycles. The molecule has 3 heteroatoms. The minimum absolute atomic E-state index is 0.147. The van der Waals surface area contributed by atoms with E-state index in [-0.39, 0.29) is 11.5 Å². The Bertz CT molecular complexity index is 400. The van der Waals surface area contributed by atoms with E-state index < -0.39 is 0 Å². The largest absolute Gasteiger partial charge is 0.466 e. The van der Waals surface area contributed by atoms with Gasteiger partial charge in [0, 0.05) is 0 Å². The lowest BCUT2D eigenvalue weighted by Gasteiger charge is -2.33. The predicted octanol–water partition coefficient (Wildman–Crippen LogP) is 3.16. The molecule has 1 atom stereocenters. The topological polar surface area (TPSA) is 38.3 Å². The van der Waals surface area contributed by atoms with E-state index in [9.17, 15) is 4.79 Å². The Morgan fingerprint density at radius 1 is 1.21 bits per heavy atom. The highest BCUT2D eigenvalue weighted by atomic mass is 16.5. The summed E-state index contributed by atoms with van der Waals surface area (Å²) in [6, 6.07) is 8.37. The summed E-state index contributed by atoms with van der Waals surface area (Å²) in [4.78, 5) is 11.9. The Morgan fingerprint density at radius 2 is 1.84 bits per heavy atom. The van der Waals surface area contributed by atoms with E-state index in [1.54, 1.807) is 0 Å². The lowest BCUT2D eigenvalue weighted by Crippen LogP contribution is -2.44. The number of rotatable bonds is 7. The van der Waals surface area contributed by atoms with E-state index in [4.69, 9.17) is 4.74 Å². The summed E-state index contributed by atoms with van der Waals surface area (Å²) >= 11 is 0. The van der Waals surface area contributed by atoms with Gasteiger partial charge >= 0.3 is 5.97 Å². The van der Waals surface area contributed by atoms with Crippen LogP contribution in [0.1, 0.15) is 44.7 Å². The molecule has 0 bridgehead atoms. The number of esters is 1. The quantitative estimate of drug-likeness (QED) is 0.768. The van der Waals surface area contributed by atoms with Gasteiger partial charge in [-0.25, -0.2) is 0 Å². The summed E-state index contributed by atoms with van der Waals surface area (Å²) in [5, 5.41) is 3.47. The first-order chi connectivity index (χ1) is 9.07. The molecular formula is C16H25NO2. The average molecular weight is 263 g/mol. The highest BCUT2D eigenvalue weighted by Gasteiger charge is 2.32. The number of carbonyl (C=O) groups is 1. The minimum Gasteiger partial charge on any atom is -0.466 e. The summed E-state index contributed by atoms with van der Waals surface area (Å²) in [6.07, 6.45) is 1.22. The molecule has 3 nitrogen and oxygen atoms in total. The Morgan fingerprint density at radius 3 is 2.32 bits per heavy atom. The number of hydrogen-bond acceptors (Lipinski definition) is 3. The number of hydrogen-bond donors (Lipinski definition) is 1. The molecule has 0 aliphatic heterocycles. The standard InChI is InChI=1S/C16H25NO2/c1-5-16(17-6-2,12-15(18)19-7-3)14-10-8-13(4)9-11-14/h8-11,17H,5-7,12H2,1-4H3. The first-order valence-corrected chi connectivity index (χ1v) is 7.05. The number of ether oxygens (including phenoxy) is 1. The molecule has 1 aromatic carbocycles. The maximum absolute atomic E-state index is 11.9. The third-order valence-electron chi connectivity index (χ3n) is 3.47. The van der Waals surface area contributed by atoms with Gasteiger partial charge in [0.1, 0.15) is 0 Å². The molecular weight excluding hydrogens is 238 g/mol. The van der Waals surface area contributed by atoms with Crippen LogP contribution in [0.15, 0.2) is 24.3 Å². The van der Waals surface area contributed by atoms with Crippen molar-refractivity contribution in [1.82, 2.24) is 5.32 Å². The van der Waals surface area contributed by atoms with E-state index in [1.807, 2.05) is 6.92 Å². The Kier molecular flexibility index (Phi) is 6.03. The second-order valence-electron chi connectivity index (χ2n) is 4.81. The molecule has 1 aromatic rings. The zero-order valence-electron chi connectivity index (χ0n) is 12.5. The number of nitrogens with one attached hydrogen (secondary N) is 1. The molecule has 0 aliphatic rings. The zero-order valence-corrected chi connectivity index (χ0v) is 12.5. The van der Waals surface area contributed by atoms with Gasteiger partial charge in [0.2, 0.25) is 0 Å². The molecule has 0 radical (unpaired) electrons. The van der Waals surface area contributed by atoms with Gasteiger partial charge in [-0.15, -0.1) is 0 Å². The third kappa shape index (κ3) is 4.06. The number of benzene rings is 1. The van der Waals surface area contributed by atoms with Gasteiger partial charge in [0.25, 0.3) is 0 Å². The van der Waals surface area contributed by atoms with Crippen molar-refractivity contribution in [3.05, 3.63) is 35.4 Å². The van der Waals surface area contributed by atoms with Crippen LogP contribution < -0.4 is 5.32 Å². The highest BCUT2D eigenvalue weighted by molar-refractivity contribution is 5.71. The SMILES string of the molecule is CCNC(CC)(CC(=O)OCC)c1ccc(C)cc1. The van der Waals surface area contributed by atoms with Gasteiger partial charge < -0.3 is 10.1 Å². The number of aryl methyl sites for hydroxylation is 1. The van der Waals surface area contributed by atoms with Gasteiger partial charge in [-0.3, -0.25) is 4.79 Å². The average Bonchev–Trinajstić information content (AvgIpc) is 2.39. The summed E-state index contributed by atoms with van der Waals surface area (Å²) < 4.78 is 5.11. The van der Waals surface area contributed by atoms with Crippen LogP contribution in [0.2, 0.25) is 0 Å². The summed E-state index contributed by atoms with van der Waals surface area (Å²) in [7, 11) is 0. The maximum atomic E-state index is 11.9. The normalized spacial score (nSPS) is 13.9. The van der Waals surface area contributed by atoms with Crippen molar-refractivity contribution >= 4 is 5.97 Å². The predicted molar refractivity (Wildman–Crippen MR) is 78.1 cm³/mol. The molecule has 1 rings (SSSR count). The Hall–Kier alpha value is -1.35. The lowest BCUT2D eigenvalue weighted by molar-refractivity contribution is -0.145. The third-order valence-corrected chi connectivity index (χ3v) is 3.47. The molecule has 0 spiro atoms. The fraction of sp³-hybridized carbons (Fsp3) is 0.562. The molecule has 0 saturated heterocycles. The second kappa shape index (κ2) is 7.29. The molecule has 0 amide bonds. The van der Waals surface area contributed by atoms with Crippen molar-refractivity contribution in [2.45, 2.75) is 46.1 Å². The van der Waals surface area contributed by atoms with E-state index >= 15 is 0 Å². The first kappa shape index (κ1) is 15.7. The van der Waals surface area contributed by atoms with Crippen LogP contribution in [-0.4, -0.2) is 19.1 Å². The summed E-state index contributed by atoms with van der Waals surface area (Å²) in [5.74, 6) is -0.147. The van der Waals surface area contributed by atoms with Crippen molar-refractivity contribution in [2.75, 3.05) is 13.2 Å². The molecule has 1 unspecified atom stereocenters. The molecule has 0 aromatic heterocycles. The van der Waals surface area contributed by atoms with Crippen LogP contribution >= 0.6 is 0 Å². The van der Waals surface area contributed by atoms with Crippen LogP contribution in [0.4, 0.5) is 0 Å². The van der Waals surface area contributed by atoms with Crippen molar-refractivity contribution in [1.29, 1.82) is 0 Å². The fourth-order valence-corrected chi connectivity index (χ4v) is 2.39. The number of carbonyl (C=O) groups excluding carboxylic acids is 1. The molecule has 0 heterocycles. The van der Waals surface area contributed by atoms with Gasteiger partial charge in [-0.2, -0.15) is 0 Å². The van der Waals surface area contributed by atoms with E-state index in [2.05, 4.69) is 50.4 Å². The fourth-order valence-electron chi connectivity index (χ4n) is 2.39. The van der Waals surface area contributed by atoms with Crippen LogP contribution in [0.5, 0.6) is 0 Å². The highest BCUT2D eigenvalue weighted by Crippen LogP contribution is 2.29. The van der Waals surface area contributed by atoms with Gasteiger partial charge in [0.15, 0.2) is 0 Å². The Balaban J connectivity index is 3.03. The van der Waals surface area contributed by atoms with Crippen LogP contribution in [0.25, 0.3) is 0 Å². The zero-order chi connectivity index (χ0) is 14.3. The minimum atomic E-state index is -0.325. The Labute approximate surface area is 116 Å². The molecule has 0 saturated carbocycles. The van der Waals surface area contributed by atoms with Crippen LogP contribution in [0, 0.1) is 6.92 Å². The van der Waals surface area contributed by atoms with Crippen molar-refractivity contribution in [2.24, 2.45) is 0 Å².